The van der Waals surface area contributed by atoms with Gasteiger partial charge in [-0.2, -0.15) is 0 Å². The van der Waals surface area contributed by atoms with Crippen LogP contribution in [0.2, 0.25) is 0 Å². The summed E-state index contributed by atoms with van der Waals surface area (Å²) >= 11 is 1.73. The van der Waals surface area contributed by atoms with Crippen molar-refractivity contribution in [1.82, 2.24) is 0 Å². The van der Waals surface area contributed by atoms with Crippen molar-refractivity contribution in [2.75, 3.05) is 7.11 Å². The Balaban J connectivity index is 1.94. The van der Waals surface area contributed by atoms with E-state index in [2.05, 4.69) is 32.0 Å². The molecule has 1 heterocycles. The molecule has 4 heteroatoms. The Bertz CT molecular complexity index is 912. The molecule has 23 heavy (non-hydrogen) atoms. The first kappa shape index (κ1) is 15.7. The molecule has 0 aliphatic heterocycles. The van der Waals surface area contributed by atoms with E-state index < -0.39 is 0 Å². The minimum atomic E-state index is -0.331. The van der Waals surface area contributed by atoms with Gasteiger partial charge in [-0.1, -0.05) is 17.7 Å². The maximum absolute atomic E-state index is 11.8. The molecule has 3 aromatic rings. The molecule has 0 spiro atoms. The first-order valence-electron chi connectivity index (χ1n) is 7.37. The van der Waals surface area contributed by atoms with Gasteiger partial charge < -0.3 is 9.15 Å². The zero-order valence-corrected chi connectivity index (χ0v) is 14.2. The Hall–Kier alpha value is -2.20. The molecule has 0 saturated heterocycles. The van der Waals surface area contributed by atoms with E-state index in [0.29, 0.717) is 11.3 Å². The number of fused-ring (bicyclic) bond motifs is 1. The second-order valence-electron chi connectivity index (χ2n) is 5.51. The molecule has 0 aliphatic rings. The fourth-order valence-corrected chi connectivity index (χ4v) is 3.57. The highest BCUT2D eigenvalue weighted by atomic mass is 32.2. The predicted molar refractivity (Wildman–Crippen MR) is 94.5 cm³/mol. The van der Waals surface area contributed by atoms with Crippen LogP contribution >= 0.6 is 11.8 Å². The summed E-state index contributed by atoms with van der Waals surface area (Å²) in [4.78, 5) is 13.0. The Kier molecular flexibility index (Phi) is 4.44. The highest BCUT2D eigenvalue weighted by molar-refractivity contribution is 7.98. The lowest BCUT2D eigenvalue weighted by Crippen LogP contribution is -2.00. The molecule has 2 aromatic carbocycles. The highest BCUT2D eigenvalue weighted by Crippen LogP contribution is 2.30. The number of thioether (sulfide) groups is 1. The van der Waals surface area contributed by atoms with Crippen molar-refractivity contribution in [2.24, 2.45) is 0 Å². The lowest BCUT2D eigenvalue weighted by atomic mass is 10.1. The summed E-state index contributed by atoms with van der Waals surface area (Å²) in [5.74, 6) is 1.40. The fourth-order valence-electron chi connectivity index (χ4n) is 2.57. The number of benzene rings is 2. The molecule has 0 amide bonds. The van der Waals surface area contributed by atoms with Gasteiger partial charge in [0.1, 0.15) is 11.3 Å². The van der Waals surface area contributed by atoms with E-state index in [1.807, 2.05) is 12.1 Å². The Labute approximate surface area is 139 Å². The van der Waals surface area contributed by atoms with Crippen LogP contribution in [-0.4, -0.2) is 7.11 Å². The van der Waals surface area contributed by atoms with Crippen LogP contribution < -0.4 is 10.4 Å². The van der Waals surface area contributed by atoms with Gasteiger partial charge in [0.05, 0.1) is 7.11 Å². The molecule has 0 atom stereocenters. The van der Waals surface area contributed by atoms with Crippen LogP contribution in [0.15, 0.2) is 56.6 Å². The average Bonchev–Trinajstić information content (AvgIpc) is 2.53. The van der Waals surface area contributed by atoms with Gasteiger partial charge in [0, 0.05) is 28.2 Å². The summed E-state index contributed by atoms with van der Waals surface area (Å²) in [7, 11) is 1.60. The number of methoxy groups -OCH3 is 1. The molecule has 0 aliphatic carbocycles. The maximum Gasteiger partial charge on any atom is 0.336 e. The van der Waals surface area contributed by atoms with Gasteiger partial charge in [-0.3, -0.25) is 0 Å². The predicted octanol–water partition coefficient (Wildman–Crippen LogP) is 4.71. The zero-order chi connectivity index (χ0) is 16.4. The van der Waals surface area contributed by atoms with Crippen LogP contribution in [0.3, 0.4) is 0 Å². The first-order chi connectivity index (χ1) is 11.1. The SMILES string of the molecule is COc1ccc2c(CSc3ccc(C)cc3C)cc(=O)oc2c1. The molecule has 0 radical (unpaired) electrons. The second-order valence-corrected chi connectivity index (χ2v) is 6.53. The van der Waals surface area contributed by atoms with E-state index in [4.69, 9.17) is 9.15 Å². The van der Waals surface area contributed by atoms with Crippen molar-refractivity contribution in [2.45, 2.75) is 24.5 Å². The zero-order valence-electron chi connectivity index (χ0n) is 13.4. The van der Waals surface area contributed by atoms with Gasteiger partial charge in [-0.05, 0) is 43.2 Å². The van der Waals surface area contributed by atoms with Crippen molar-refractivity contribution in [3.8, 4) is 5.75 Å². The Morgan fingerprint density at radius 1 is 1.09 bits per heavy atom. The third-order valence-corrected chi connectivity index (χ3v) is 4.98. The van der Waals surface area contributed by atoms with Crippen LogP contribution in [0.5, 0.6) is 5.75 Å². The minimum Gasteiger partial charge on any atom is -0.497 e. The largest absolute Gasteiger partial charge is 0.497 e. The summed E-state index contributed by atoms with van der Waals surface area (Å²) in [6, 6.07) is 13.6. The van der Waals surface area contributed by atoms with Crippen molar-refractivity contribution >= 4 is 22.7 Å². The molecule has 0 fully saturated rings. The number of ether oxygens (including phenoxy) is 1. The van der Waals surface area contributed by atoms with Crippen molar-refractivity contribution in [1.29, 1.82) is 0 Å². The van der Waals surface area contributed by atoms with Gasteiger partial charge in [-0.25, -0.2) is 4.79 Å². The molecular formula is C19H18O3S. The molecule has 3 nitrogen and oxygen atoms in total. The summed E-state index contributed by atoms with van der Waals surface area (Å²) in [5.41, 5.74) is 3.72. The van der Waals surface area contributed by atoms with Gasteiger partial charge in [0.25, 0.3) is 0 Å². The standard InChI is InChI=1S/C19H18O3S/c1-12-4-7-18(13(2)8-12)23-11-14-9-19(20)22-17-10-15(21-3)5-6-16(14)17/h4-10H,11H2,1-3H3. The third kappa shape index (κ3) is 3.42. The Morgan fingerprint density at radius 2 is 1.91 bits per heavy atom. The molecular weight excluding hydrogens is 308 g/mol. The molecule has 0 bridgehead atoms. The van der Waals surface area contributed by atoms with E-state index >= 15 is 0 Å². The van der Waals surface area contributed by atoms with Crippen molar-refractivity contribution < 1.29 is 9.15 Å². The normalized spacial score (nSPS) is 10.9. The maximum atomic E-state index is 11.8. The fraction of sp³-hybridized carbons (Fsp3) is 0.211. The molecule has 0 N–H and O–H groups in total. The van der Waals surface area contributed by atoms with Crippen LogP contribution in [0, 0.1) is 13.8 Å². The number of rotatable bonds is 4. The van der Waals surface area contributed by atoms with E-state index in [0.717, 1.165) is 16.7 Å². The van der Waals surface area contributed by atoms with Crippen molar-refractivity contribution in [3.05, 3.63) is 69.6 Å². The van der Waals surface area contributed by atoms with Crippen molar-refractivity contribution in [3.63, 3.8) is 0 Å². The summed E-state index contributed by atoms with van der Waals surface area (Å²) in [6.07, 6.45) is 0. The van der Waals surface area contributed by atoms with Gasteiger partial charge in [0.2, 0.25) is 0 Å². The third-order valence-electron chi connectivity index (χ3n) is 3.75. The van der Waals surface area contributed by atoms with Crippen LogP contribution in [-0.2, 0) is 5.75 Å². The summed E-state index contributed by atoms with van der Waals surface area (Å²) in [6.45, 7) is 4.20. The number of hydrogen-bond donors (Lipinski definition) is 0. The lowest BCUT2D eigenvalue weighted by Gasteiger charge is -2.09. The van der Waals surface area contributed by atoms with Gasteiger partial charge in [-0.15, -0.1) is 11.8 Å². The van der Waals surface area contributed by atoms with Crippen LogP contribution in [0.1, 0.15) is 16.7 Å². The molecule has 3 rings (SSSR count). The number of aryl methyl sites for hydroxylation is 2. The number of hydrogen-bond acceptors (Lipinski definition) is 4. The monoisotopic (exact) mass is 326 g/mol. The van der Waals surface area contributed by atoms with E-state index in [9.17, 15) is 4.79 Å². The average molecular weight is 326 g/mol. The highest BCUT2D eigenvalue weighted by Gasteiger charge is 2.08. The molecule has 0 saturated carbocycles. The topological polar surface area (TPSA) is 39.4 Å². The van der Waals surface area contributed by atoms with Gasteiger partial charge >= 0.3 is 5.63 Å². The summed E-state index contributed by atoms with van der Waals surface area (Å²) < 4.78 is 10.5. The quantitative estimate of drug-likeness (QED) is 0.514. The van der Waals surface area contributed by atoms with E-state index in [1.165, 1.54) is 16.0 Å². The molecule has 0 unspecified atom stereocenters. The molecule has 1 aromatic heterocycles. The molecule has 118 valence electrons. The smallest absolute Gasteiger partial charge is 0.336 e. The Morgan fingerprint density at radius 3 is 2.65 bits per heavy atom. The summed E-state index contributed by atoms with van der Waals surface area (Å²) in [5, 5.41) is 0.947. The lowest BCUT2D eigenvalue weighted by molar-refractivity contribution is 0.414. The first-order valence-corrected chi connectivity index (χ1v) is 8.36. The van der Waals surface area contributed by atoms with Crippen LogP contribution in [0.25, 0.3) is 11.0 Å². The van der Waals surface area contributed by atoms with Crippen LogP contribution in [0.4, 0.5) is 0 Å². The van der Waals surface area contributed by atoms with E-state index in [-0.39, 0.29) is 5.63 Å². The second kappa shape index (κ2) is 6.50. The van der Waals surface area contributed by atoms with E-state index in [1.54, 1.807) is 31.0 Å². The van der Waals surface area contributed by atoms with Gasteiger partial charge in [0.15, 0.2) is 0 Å². The minimum absolute atomic E-state index is 0.331.